The zero-order valence-corrected chi connectivity index (χ0v) is 25.8. The highest BCUT2D eigenvalue weighted by Gasteiger charge is 2.38. The summed E-state index contributed by atoms with van der Waals surface area (Å²) >= 11 is 2.80. The minimum Gasteiger partial charge on any atom is -0.463 e. The first-order valence-electron chi connectivity index (χ1n) is 14.3. The quantitative estimate of drug-likeness (QED) is 0.203. The molecule has 0 unspecified atom stereocenters. The summed E-state index contributed by atoms with van der Waals surface area (Å²) in [5.41, 5.74) is 3.82. The maximum atomic E-state index is 14.5. The number of hydrogen-bond acceptors (Lipinski definition) is 7. The van der Waals surface area contributed by atoms with Gasteiger partial charge in [0, 0.05) is 22.6 Å². The zero-order valence-electron chi connectivity index (χ0n) is 24.2. The topological polar surface area (TPSA) is 81.0 Å². The summed E-state index contributed by atoms with van der Waals surface area (Å²) in [4.78, 5) is 50.3. The molecule has 9 heteroatoms. The van der Waals surface area contributed by atoms with Crippen LogP contribution in [0.3, 0.4) is 0 Å². The lowest BCUT2D eigenvalue weighted by molar-refractivity contribution is -0.138. The van der Waals surface area contributed by atoms with Crippen LogP contribution in [0.4, 0.5) is 5.69 Å². The molecule has 2 aliphatic heterocycles. The lowest BCUT2D eigenvalue weighted by Crippen LogP contribution is -2.41. The monoisotopic (exact) mass is 609 g/mol. The maximum absolute atomic E-state index is 14.5. The van der Waals surface area contributed by atoms with Gasteiger partial charge in [0.2, 0.25) is 0 Å². The Labute approximate surface area is 257 Å². The van der Waals surface area contributed by atoms with Crippen LogP contribution in [0, 0.1) is 0 Å². The third kappa shape index (κ3) is 5.06. The number of unbranched alkanes of at least 4 members (excludes halogenated alkanes) is 1. The van der Waals surface area contributed by atoms with Crippen molar-refractivity contribution in [1.29, 1.82) is 0 Å². The van der Waals surface area contributed by atoms with Gasteiger partial charge in [-0.3, -0.25) is 14.2 Å². The van der Waals surface area contributed by atoms with Crippen molar-refractivity contribution in [3.05, 3.63) is 121 Å². The van der Waals surface area contributed by atoms with Crippen LogP contribution >= 0.6 is 23.1 Å². The molecule has 0 saturated heterocycles. The van der Waals surface area contributed by atoms with E-state index in [1.54, 1.807) is 28.2 Å². The number of carbonyl (C=O) groups is 2. The van der Waals surface area contributed by atoms with Gasteiger partial charge >= 0.3 is 5.97 Å². The van der Waals surface area contributed by atoms with Crippen molar-refractivity contribution in [3.8, 4) is 0 Å². The van der Waals surface area contributed by atoms with Crippen LogP contribution in [-0.4, -0.2) is 35.9 Å². The summed E-state index contributed by atoms with van der Waals surface area (Å²) in [6.45, 7) is 4.59. The number of anilines is 1. The number of aromatic nitrogens is 1. The number of fused-ring (bicyclic) bond motifs is 2. The Bertz CT molecular complexity index is 1920. The van der Waals surface area contributed by atoms with Crippen LogP contribution in [0.15, 0.2) is 99.1 Å². The van der Waals surface area contributed by atoms with E-state index in [0.29, 0.717) is 27.1 Å². The van der Waals surface area contributed by atoms with Gasteiger partial charge in [-0.1, -0.05) is 85.3 Å². The van der Waals surface area contributed by atoms with E-state index in [1.807, 2.05) is 85.1 Å². The molecule has 1 amide bonds. The Morgan fingerprint density at radius 2 is 1.70 bits per heavy atom. The van der Waals surface area contributed by atoms with Crippen molar-refractivity contribution in [3.63, 3.8) is 0 Å². The number of nitrogens with zero attached hydrogens (tertiary/aromatic N) is 3. The van der Waals surface area contributed by atoms with Crippen LogP contribution < -0.4 is 19.8 Å². The summed E-state index contributed by atoms with van der Waals surface area (Å²) in [6, 6.07) is 24.1. The Hall–Kier alpha value is -4.21. The van der Waals surface area contributed by atoms with Gasteiger partial charge < -0.3 is 9.64 Å². The van der Waals surface area contributed by atoms with Gasteiger partial charge in [-0.2, -0.15) is 0 Å². The fraction of sp³-hybridized carbons (Fsp3) is 0.235. The highest BCUT2D eigenvalue weighted by molar-refractivity contribution is 7.98. The first-order valence-corrected chi connectivity index (χ1v) is 16.4. The number of esters is 1. The zero-order chi connectivity index (χ0) is 30.1. The van der Waals surface area contributed by atoms with Crippen molar-refractivity contribution < 1.29 is 14.3 Å². The lowest BCUT2D eigenvalue weighted by atomic mass is 9.93. The first kappa shape index (κ1) is 28.9. The van der Waals surface area contributed by atoms with Crippen molar-refractivity contribution in [1.82, 2.24) is 4.57 Å². The predicted molar refractivity (Wildman–Crippen MR) is 172 cm³/mol. The normalized spacial score (nSPS) is 17.0. The fourth-order valence-corrected chi connectivity index (χ4v) is 7.13. The van der Waals surface area contributed by atoms with E-state index in [1.165, 1.54) is 11.3 Å². The van der Waals surface area contributed by atoms with E-state index in [0.717, 1.165) is 40.1 Å². The van der Waals surface area contributed by atoms with Crippen LogP contribution in [0.2, 0.25) is 0 Å². The molecule has 0 aliphatic carbocycles. The number of carbonyl (C=O) groups excluding carboxylic acids is 2. The number of benzene rings is 3. The van der Waals surface area contributed by atoms with Gasteiger partial charge in [-0.15, -0.1) is 11.8 Å². The third-order valence-corrected chi connectivity index (χ3v) is 9.46. The number of hydrogen-bond donors (Lipinski definition) is 0. The SMILES string of the molecule is CCCCN1C(=O)/C(=c2/sc3n(c2=O)[C@H](c2ccc(SC)cc2)C(C(=O)OCC)=C(c2ccccc2)N=3)c2ccccc21. The fourth-order valence-electron chi connectivity index (χ4n) is 5.63. The Balaban J connectivity index is 1.67. The number of ether oxygens (including phenoxy) is 1. The Morgan fingerprint density at radius 1 is 0.977 bits per heavy atom. The summed E-state index contributed by atoms with van der Waals surface area (Å²) in [7, 11) is 0. The van der Waals surface area contributed by atoms with Crippen LogP contribution in [0.1, 0.15) is 49.4 Å². The number of thioether (sulfide) groups is 1. The van der Waals surface area contributed by atoms with Crippen molar-refractivity contribution in [2.45, 2.75) is 37.6 Å². The van der Waals surface area contributed by atoms with E-state index < -0.39 is 12.0 Å². The van der Waals surface area contributed by atoms with Gasteiger partial charge in [0.15, 0.2) is 4.80 Å². The van der Waals surface area contributed by atoms with E-state index in [4.69, 9.17) is 9.73 Å². The molecular formula is C34H31N3O4S2. The highest BCUT2D eigenvalue weighted by atomic mass is 32.2. The summed E-state index contributed by atoms with van der Waals surface area (Å²) in [6.07, 6.45) is 3.79. The third-order valence-electron chi connectivity index (χ3n) is 7.67. The molecule has 218 valence electrons. The smallest absolute Gasteiger partial charge is 0.338 e. The molecule has 0 N–H and O–H groups in total. The summed E-state index contributed by atoms with van der Waals surface area (Å²) in [5.74, 6) is -0.719. The molecule has 0 bridgehead atoms. The second-order valence-corrected chi connectivity index (χ2v) is 12.1. The second-order valence-electron chi connectivity index (χ2n) is 10.2. The molecule has 1 atom stereocenters. The molecule has 0 spiro atoms. The van der Waals surface area contributed by atoms with E-state index in [9.17, 15) is 14.4 Å². The first-order chi connectivity index (χ1) is 21.0. The second kappa shape index (κ2) is 12.2. The standard InChI is InChI=1S/C34H31N3O4S2/c1-4-6-20-36-25-15-11-10-14-24(25)26(31(36)38)30-32(39)37-29(22-16-18-23(42-3)19-17-22)27(33(40)41-5-2)28(35-34(37)43-30)21-12-8-7-9-13-21/h7-19,29H,4-6,20H2,1-3H3/b30-26+/t29-/m1/s1. The number of para-hydroxylation sites is 1. The van der Waals surface area contributed by atoms with Gasteiger partial charge in [0.1, 0.15) is 4.53 Å². The molecule has 6 rings (SSSR count). The van der Waals surface area contributed by atoms with Gasteiger partial charge in [0.25, 0.3) is 11.5 Å². The Kier molecular flexibility index (Phi) is 8.19. The Morgan fingerprint density at radius 3 is 2.40 bits per heavy atom. The largest absolute Gasteiger partial charge is 0.463 e. The van der Waals surface area contributed by atoms with Crippen LogP contribution in [-0.2, 0) is 14.3 Å². The van der Waals surface area contributed by atoms with Crippen molar-refractivity contribution in [2.75, 3.05) is 24.3 Å². The van der Waals surface area contributed by atoms with E-state index in [2.05, 4.69) is 6.92 Å². The highest BCUT2D eigenvalue weighted by Crippen LogP contribution is 2.37. The van der Waals surface area contributed by atoms with E-state index in [-0.39, 0.29) is 23.6 Å². The van der Waals surface area contributed by atoms with Crippen LogP contribution in [0.5, 0.6) is 0 Å². The van der Waals surface area contributed by atoms with Crippen molar-refractivity contribution in [2.24, 2.45) is 4.99 Å². The summed E-state index contributed by atoms with van der Waals surface area (Å²) in [5, 5.41) is 0. The van der Waals surface area contributed by atoms with E-state index >= 15 is 0 Å². The lowest BCUT2D eigenvalue weighted by Gasteiger charge is -2.26. The van der Waals surface area contributed by atoms with Crippen molar-refractivity contribution >= 4 is 51.9 Å². The molecule has 0 saturated carbocycles. The van der Waals surface area contributed by atoms with Crippen LogP contribution in [0.25, 0.3) is 11.3 Å². The summed E-state index contributed by atoms with van der Waals surface area (Å²) < 4.78 is 7.45. The molecule has 43 heavy (non-hydrogen) atoms. The van der Waals surface area contributed by atoms with Gasteiger partial charge in [-0.05, 0) is 43.4 Å². The molecule has 3 heterocycles. The number of thiazole rings is 1. The average molecular weight is 610 g/mol. The van der Waals surface area contributed by atoms with Gasteiger partial charge in [-0.25, -0.2) is 9.79 Å². The molecule has 1 aromatic heterocycles. The minimum atomic E-state index is -0.793. The molecular weight excluding hydrogens is 579 g/mol. The molecule has 0 radical (unpaired) electrons. The minimum absolute atomic E-state index is 0.177. The average Bonchev–Trinajstić information content (AvgIpc) is 3.51. The number of amides is 1. The maximum Gasteiger partial charge on any atom is 0.338 e. The number of rotatable bonds is 8. The molecule has 3 aromatic carbocycles. The molecule has 2 aliphatic rings. The molecule has 7 nitrogen and oxygen atoms in total. The van der Waals surface area contributed by atoms with Gasteiger partial charge in [0.05, 0.1) is 35.2 Å². The predicted octanol–water partition coefficient (Wildman–Crippen LogP) is 5.17. The molecule has 0 fully saturated rings. The molecule has 4 aromatic rings.